The van der Waals surface area contributed by atoms with Gasteiger partial charge in [-0.1, -0.05) is 57.7 Å². The number of benzene rings is 1. The van der Waals surface area contributed by atoms with Crippen LogP contribution in [0.2, 0.25) is 0 Å². The Bertz CT molecular complexity index is 802. The van der Waals surface area contributed by atoms with Crippen molar-refractivity contribution >= 4 is 21.9 Å². The second kappa shape index (κ2) is 9.05. The molecule has 1 heterocycles. The number of ketones is 1. The maximum atomic E-state index is 13.2. The predicted molar refractivity (Wildman–Crippen MR) is 106 cm³/mol. The lowest BCUT2D eigenvalue weighted by Crippen LogP contribution is -2.61. The molecule has 0 saturated carbocycles. The SMILES string of the molecule is CCCCC[C@H](NS(=O)(=O)c1ccc(C)cc1)C(=O)[C@H]1NC(=O)OCC1(C)C. The number of carbonyl (C=O) groups is 2. The second-order valence-electron chi connectivity index (χ2n) is 8.03. The highest BCUT2D eigenvalue weighted by Crippen LogP contribution is 2.27. The van der Waals surface area contributed by atoms with E-state index in [2.05, 4.69) is 10.0 Å². The van der Waals surface area contributed by atoms with Gasteiger partial charge in [-0.15, -0.1) is 0 Å². The van der Waals surface area contributed by atoms with Crippen LogP contribution in [0.3, 0.4) is 0 Å². The van der Waals surface area contributed by atoms with Crippen molar-refractivity contribution in [1.82, 2.24) is 10.0 Å². The molecule has 7 nitrogen and oxygen atoms in total. The molecule has 0 aromatic heterocycles. The summed E-state index contributed by atoms with van der Waals surface area (Å²) in [5.74, 6) is -0.339. The number of cyclic esters (lactones) is 1. The fourth-order valence-corrected chi connectivity index (χ4v) is 4.42. The van der Waals surface area contributed by atoms with E-state index in [1.807, 2.05) is 27.7 Å². The highest BCUT2D eigenvalue weighted by Gasteiger charge is 2.44. The van der Waals surface area contributed by atoms with Gasteiger partial charge in [0.25, 0.3) is 0 Å². The highest BCUT2D eigenvalue weighted by molar-refractivity contribution is 7.89. The molecule has 0 unspecified atom stereocenters. The lowest BCUT2D eigenvalue weighted by molar-refractivity contribution is -0.127. The zero-order valence-corrected chi connectivity index (χ0v) is 17.8. The Morgan fingerprint density at radius 3 is 2.54 bits per heavy atom. The number of amides is 1. The molecule has 28 heavy (non-hydrogen) atoms. The van der Waals surface area contributed by atoms with E-state index in [9.17, 15) is 18.0 Å². The summed E-state index contributed by atoms with van der Waals surface area (Å²) in [7, 11) is -3.86. The van der Waals surface area contributed by atoms with Crippen LogP contribution in [0.4, 0.5) is 4.79 Å². The van der Waals surface area contributed by atoms with Crippen LogP contribution >= 0.6 is 0 Å². The molecular formula is C20H30N2O5S. The van der Waals surface area contributed by atoms with E-state index < -0.39 is 33.6 Å². The van der Waals surface area contributed by atoms with Gasteiger partial charge in [0, 0.05) is 5.41 Å². The van der Waals surface area contributed by atoms with Crippen LogP contribution in [0.5, 0.6) is 0 Å². The number of Topliss-reactive ketones (excluding diaryl/α,β-unsaturated/α-hetero) is 1. The summed E-state index contributed by atoms with van der Waals surface area (Å²) in [6.45, 7) is 7.63. The number of nitrogens with one attached hydrogen (secondary N) is 2. The number of aryl methyl sites for hydroxylation is 1. The van der Waals surface area contributed by atoms with Crippen LogP contribution in [0.25, 0.3) is 0 Å². The minimum Gasteiger partial charge on any atom is -0.449 e. The Morgan fingerprint density at radius 1 is 1.29 bits per heavy atom. The molecule has 0 aliphatic carbocycles. The summed E-state index contributed by atoms with van der Waals surface area (Å²) in [5.41, 5.74) is 0.310. The fourth-order valence-electron chi connectivity index (χ4n) is 3.18. The number of hydrogen-bond donors (Lipinski definition) is 2. The van der Waals surface area contributed by atoms with Crippen molar-refractivity contribution in [3.8, 4) is 0 Å². The van der Waals surface area contributed by atoms with Crippen molar-refractivity contribution in [3.05, 3.63) is 29.8 Å². The molecule has 2 rings (SSSR count). The molecule has 1 amide bonds. The topological polar surface area (TPSA) is 102 Å². The maximum absolute atomic E-state index is 13.2. The van der Waals surface area contributed by atoms with Gasteiger partial charge in [0.1, 0.15) is 12.6 Å². The average Bonchev–Trinajstić information content (AvgIpc) is 2.63. The molecule has 2 N–H and O–H groups in total. The fraction of sp³-hybridized carbons (Fsp3) is 0.600. The van der Waals surface area contributed by atoms with Crippen LogP contribution in [0.15, 0.2) is 29.2 Å². The van der Waals surface area contributed by atoms with Gasteiger partial charge >= 0.3 is 6.09 Å². The highest BCUT2D eigenvalue weighted by atomic mass is 32.2. The Kier molecular flexibility index (Phi) is 7.22. The molecular weight excluding hydrogens is 380 g/mol. The molecule has 156 valence electrons. The van der Waals surface area contributed by atoms with Crippen molar-refractivity contribution in [3.63, 3.8) is 0 Å². The first kappa shape index (κ1) is 22.4. The minimum atomic E-state index is -3.86. The molecule has 0 radical (unpaired) electrons. The standard InChI is InChI=1S/C20H30N2O5S/c1-5-6-7-8-16(17(23)18-20(3,4)13-27-19(24)21-18)22-28(25,26)15-11-9-14(2)10-12-15/h9-12,16,18,22H,5-8,13H2,1-4H3,(H,21,24)/t16-,18+/m0/s1. The van der Waals surface area contributed by atoms with Crippen molar-refractivity contribution in [1.29, 1.82) is 0 Å². The molecule has 0 bridgehead atoms. The number of ether oxygens (including phenoxy) is 1. The first-order valence-corrected chi connectivity index (χ1v) is 11.1. The minimum absolute atomic E-state index is 0.0988. The summed E-state index contributed by atoms with van der Waals surface area (Å²) < 4.78 is 33.2. The largest absolute Gasteiger partial charge is 0.449 e. The molecule has 1 saturated heterocycles. The van der Waals surface area contributed by atoms with Crippen LogP contribution in [-0.2, 0) is 19.6 Å². The van der Waals surface area contributed by atoms with Crippen molar-refractivity contribution in [2.75, 3.05) is 6.61 Å². The lowest BCUT2D eigenvalue weighted by atomic mass is 9.79. The third-order valence-corrected chi connectivity index (χ3v) is 6.46. The first-order valence-electron chi connectivity index (χ1n) is 9.63. The van der Waals surface area contributed by atoms with E-state index in [0.29, 0.717) is 12.8 Å². The summed E-state index contributed by atoms with van der Waals surface area (Å²) in [5, 5.41) is 2.56. The van der Waals surface area contributed by atoms with E-state index >= 15 is 0 Å². The quantitative estimate of drug-likeness (QED) is 0.610. The maximum Gasteiger partial charge on any atom is 0.407 e. The average molecular weight is 411 g/mol. The zero-order chi connectivity index (χ0) is 20.9. The number of unbranched alkanes of at least 4 members (excludes halogenated alkanes) is 2. The summed E-state index contributed by atoms with van der Waals surface area (Å²) in [6, 6.07) is 4.73. The van der Waals surface area contributed by atoms with Crippen molar-refractivity contribution < 1.29 is 22.7 Å². The van der Waals surface area contributed by atoms with Gasteiger partial charge < -0.3 is 10.1 Å². The molecule has 8 heteroatoms. The van der Waals surface area contributed by atoms with Gasteiger partial charge in [0.15, 0.2) is 5.78 Å². The molecule has 1 aromatic rings. The number of carbonyl (C=O) groups excluding carboxylic acids is 2. The third kappa shape index (κ3) is 5.54. The number of hydrogen-bond acceptors (Lipinski definition) is 5. The van der Waals surface area contributed by atoms with E-state index in [1.54, 1.807) is 12.1 Å². The lowest BCUT2D eigenvalue weighted by Gasteiger charge is -2.38. The number of rotatable bonds is 9. The summed E-state index contributed by atoms with van der Waals surface area (Å²) in [6.07, 6.45) is 2.26. The van der Waals surface area contributed by atoms with E-state index in [-0.39, 0.29) is 17.3 Å². The second-order valence-corrected chi connectivity index (χ2v) is 9.74. The molecule has 1 aliphatic heterocycles. The van der Waals surface area contributed by atoms with E-state index in [1.165, 1.54) is 12.1 Å². The van der Waals surface area contributed by atoms with Crippen LogP contribution in [0, 0.1) is 12.3 Å². The number of alkyl carbamates (subject to hydrolysis) is 1. The zero-order valence-electron chi connectivity index (χ0n) is 16.9. The van der Waals surface area contributed by atoms with Crippen molar-refractivity contribution in [2.45, 2.75) is 70.4 Å². The van der Waals surface area contributed by atoms with Crippen LogP contribution in [0.1, 0.15) is 52.0 Å². The van der Waals surface area contributed by atoms with E-state index in [0.717, 1.165) is 18.4 Å². The van der Waals surface area contributed by atoms with E-state index in [4.69, 9.17) is 4.74 Å². The molecule has 1 fully saturated rings. The number of sulfonamides is 1. The summed E-state index contributed by atoms with van der Waals surface area (Å²) in [4.78, 5) is 25.0. The molecule has 0 spiro atoms. The van der Waals surface area contributed by atoms with Gasteiger partial charge in [-0.05, 0) is 25.5 Å². The molecule has 1 aromatic carbocycles. The van der Waals surface area contributed by atoms with Gasteiger partial charge in [0.05, 0.1) is 10.9 Å². The molecule has 2 atom stereocenters. The van der Waals surface area contributed by atoms with Crippen LogP contribution in [-0.4, -0.2) is 39.0 Å². The van der Waals surface area contributed by atoms with Gasteiger partial charge in [-0.3, -0.25) is 4.79 Å². The Hall–Kier alpha value is -1.93. The summed E-state index contributed by atoms with van der Waals surface area (Å²) >= 11 is 0. The van der Waals surface area contributed by atoms with Crippen molar-refractivity contribution in [2.24, 2.45) is 5.41 Å². The van der Waals surface area contributed by atoms with Gasteiger partial charge in [-0.25, -0.2) is 17.9 Å². The Morgan fingerprint density at radius 2 is 1.93 bits per heavy atom. The molecule has 1 aliphatic rings. The predicted octanol–water partition coefficient (Wildman–Crippen LogP) is 2.93. The smallest absolute Gasteiger partial charge is 0.407 e. The monoisotopic (exact) mass is 410 g/mol. The van der Waals surface area contributed by atoms with Gasteiger partial charge in [-0.2, -0.15) is 0 Å². The first-order chi connectivity index (χ1) is 13.1. The normalized spacial score (nSPS) is 20.1. The Labute approximate surface area is 167 Å². The van der Waals surface area contributed by atoms with Gasteiger partial charge in [0.2, 0.25) is 10.0 Å². The third-order valence-electron chi connectivity index (χ3n) is 4.97. The Balaban J connectivity index is 2.26. The van der Waals surface area contributed by atoms with Crippen LogP contribution < -0.4 is 10.0 Å².